The van der Waals surface area contributed by atoms with Gasteiger partial charge in [-0.25, -0.2) is 4.98 Å². The fourth-order valence-electron chi connectivity index (χ4n) is 3.58. The van der Waals surface area contributed by atoms with Crippen molar-refractivity contribution in [3.63, 3.8) is 0 Å². The minimum absolute atomic E-state index is 0.0749. The Bertz CT molecular complexity index is 582. The molecule has 6 heteroatoms. The maximum atomic E-state index is 13.0. The van der Waals surface area contributed by atoms with E-state index in [0.29, 0.717) is 29.5 Å². The Hall–Kier alpha value is -0.980. The van der Waals surface area contributed by atoms with Gasteiger partial charge < -0.3 is 14.4 Å². The van der Waals surface area contributed by atoms with Gasteiger partial charge in [-0.3, -0.25) is 4.79 Å². The van der Waals surface area contributed by atoms with Gasteiger partial charge in [-0.05, 0) is 39.0 Å². The van der Waals surface area contributed by atoms with Gasteiger partial charge in [0.15, 0.2) is 5.01 Å². The van der Waals surface area contributed by atoms with Crippen molar-refractivity contribution in [2.75, 3.05) is 13.2 Å². The third kappa shape index (κ3) is 3.16. The number of amides is 1. The molecule has 1 saturated carbocycles. The van der Waals surface area contributed by atoms with Gasteiger partial charge in [-0.1, -0.05) is 13.8 Å². The van der Waals surface area contributed by atoms with E-state index in [2.05, 4.69) is 32.7 Å². The van der Waals surface area contributed by atoms with Crippen LogP contribution in [0.1, 0.15) is 62.1 Å². The molecule has 1 saturated heterocycles. The highest BCUT2D eigenvalue weighted by molar-refractivity contribution is 7.13. The van der Waals surface area contributed by atoms with Crippen molar-refractivity contribution in [3.8, 4) is 0 Å². The Labute approximate surface area is 142 Å². The van der Waals surface area contributed by atoms with Crippen LogP contribution in [-0.2, 0) is 15.3 Å². The second-order valence-electron chi connectivity index (χ2n) is 7.70. The summed E-state index contributed by atoms with van der Waals surface area (Å²) < 4.78 is 11.3. The minimum atomic E-state index is -0.801. The van der Waals surface area contributed by atoms with Crippen LogP contribution in [0.25, 0.3) is 0 Å². The van der Waals surface area contributed by atoms with E-state index in [-0.39, 0.29) is 11.9 Å². The van der Waals surface area contributed by atoms with E-state index in [1.54, 1.807) is 6.20 Å². The Kier molecular flexibility index (Phi) is 4.27. The molecule has 0 radical (unpaired) electrons. The van der Waals surface area contributed by atoms with Crippen LogP contribution in [-0.4, -0.2) is 41.1 Å². The van der Waals surface area contributed by atoms with Gasteiger partial charge in [0.2, 0.25) is 5.79 Å². The maximum absolute atomic E-state index is 13.0. The quantitative estimate of drug-likeness (QED) is 0.844. The molecule has 2 fully saturated rings. The molecule has 23 heavy (non-hydrogen) atoms. The van der Waals surface area contributed by atoms with Gasteiger partial charge in [-0.2, -0.15) is 0 Å². The summed E-state index contributed by atoms with van der Waals surface area (Å²) in [4.78, 5) is 20.0. The molecule has 0 aromatic carbocycles. The summed E-state index contributed by atoms with van der Waals surface area (Å²) in [7, 11) is 0. The molecule has 1 aromatic heterocycles. The molecule has 128 valence electrons. The largest absolute Gasteiger partial charge is 0.342 e. The first-order valence-corrected chi connectivity index (χ1v) is 9.10. The second kappa shape index (κ2) is 5.83. The Morgan fingerprint density at radius 1 is 1.30 bits per heavy atom. The summed E-state index contributed by atoms with van der Waals surface area (Å²) in [6, 6.07) is 0.515. The van der Waals surface area contributed by atoms with Crippen LogP contribution in [0.15, 0.2) is 6.20 Å². The number of carbonyl (C=O) groups is 1. The van der Waals surface area contributed by atoms with Gasteiger partial charge in [0.05, 0.1) is 19.4 Å². The van der Waals surface area contributed by atoms with Crippen LogP contribution in [0.5, 0.6) is 0 Å². The summed E-state index contributed by atoms with van der Waals surface area (Å²) in [6.45, 7) is 11.7. The van der Waals surface area contributed by atoms with Gasteiger partial charge in [0.25, 0.3) is 5.91 Å². The van der Waals surface area contributed by atoms with Gasteiger partial charge >= 0.3 is 0 Å². The minimum Gasteiger partial charge on any atom is -0.342 e. The van der Waals surface area contributed by atoms with Crippen LogP contribution >= 0.6 is 11.3 Å². The van der Waals surface area contributed by atoms with E-state index in [1.807, 2.05) is 11.8 Å². The average molecular weight is 338 g/mol. The predicted molar refractivity (Wildman–Crippen MR) is 89.5 cm³/mol. The normalized spacial score (nSPS) is 23.0. The number of nitrogens with zero attached hydrogens (tertiary/aromatic N) is 2. The monoisotopic (exact) mass is 338 g/mol. The standard InChI is InChI=1S/C17H26N2O3S/c1-11(2)19(12-8-16(3,4)9-12)14(20)13-10-18-15(23-13)17(5)21-6-7-22-17/h10-12H,6-9H2,1-5H3. The molecule has 0 atom stereocenters. The zero-order chi connectivity index (χ0) is 16.8. The van der Waals surface area contributed by atoms with Crippen LogP contribution in [0.3, 0.4) is 0 Å². The van der Waals surface area contributed by atoms with Crippen molar-refractivity contribution in [1.82, 2.24) is 9.88 Å². The third-order valence-electron chi connectivity index (χ3n) is 4.70. The second-order valence-corrected chi connectivity index (χ2v) is 8.74. The summed E-state index contributed by atoms with van der Waals surface area (Å²) in [5.74, 6) is -0.726. The van der Waals surface area contributed by atoms with Crippen LogP contribution in [0.4, 0.5) is 0 Å². The summed E-state index contributed by atoms with van der Waals surface area (Å²) in [6.07, 6.45) is 3.79. The Morgan fingerprint density at radius 3 is 2.43 bits per heavy atom. The highest BCUT2D eigenvalue weighted by atomic mass is 32.1. The molecule has 5 nitrogen and oxygen atoms in total. The molecular weight excluding hydrogens is 312 g/mol. The molecule has 0 unspecified atom stereocenters. The first-order chi connectivity index (χ1) is 10.7. The Morgan fingerprint density at radius 2 is 1.91 bits per heavy atom. The van der Waals surface area contributed by atoms with E-state index in [0.717, 1.165) is 17.8 Å². The smallest absolute Gasteiger partial charge is 0.266 e. The summed E-state index contributed by atoms with van der Waals surface area (Å²) in [5, 5.41) is 0.719. The fraction of sp³-hybridized carbons (Fsp3) is 0.765. The molecule has 1 aromatic rings. The van der Waals surface area contributed by atoms with Crippen molar-refractivity contribution >= 4 is 17.2 Å². The zero-order valence-electron chi connectivity index (χ0n) is 14.6. The predicted octanol–water partition coefficient (Wildman–Crippen LogP) is 3.40. The number of hydrogen-bond acceptors (Lipinski definition) is 5. The van der Waals surface area contributed by atoms with E-state index in [4.69, 9.17) is 9.47 Å². The highest BCUT2D eigenvalue weighted by Gasteiger charge is 2.43. The van der Waals surface area contributed by atoms with E-state index < -0.39 is 5.79 Å². The number of rotatable bonds is 4. The molecule has 1 aliphatic carbocycles. The fourth-order valence-corrected chi connectivity index (χ4v) is 4.50. The third-order valence-corrected chi connectivity index (χ3v) is 5.87. The van der Waals surface area contributed by atoms with E-state index in [1.165, 1.54) is 11.3 Å². The lowest BCUT2D eigenvalue weighted by atomic mass is 9.67. The average Bonchev–Trinajstić information content (AvgIpc) is 3.05. The number of carbonyl (C=O) groups excluding carboxylic acids is 1. The van der Waals surface area contributed by atoms with Gasteiger partial charge in [0.1, 0.15) is 4.88 Å². The lowest BCUT2D eigenvalue weighted by Crippen LogP contribution is -2.53. The number of ether oxygens (including phenoxy) is 2. The first-order valence-electron chi connectivity index (χ1n) is 8.29. The SMILES string of the molecule is CC(C)N(C(=O)c1cnc(C2(C)OCCO2)s1)C1CC(C)(C)C1. The summed E-state index contributed by atoms with van der Waals surface area (Å²) >= 11 is 1.38. The molecule has 0 bridgehead atoms. The number of thiazole rings is 1. The lowest BCUT2D eigenvalue weighted by molar-refractivity contribution is -0.149. The topological polar surface area (TPSA) is 51.7 Å². The van der Waals surface area contributed by atoms with E-state index in [9.17, 15) is 4.79 Å². The molecule has 2 heterocycles. The molecule has 3 rings (SSSR count). The first kappa shape index (κ1) is 16.9. The maximum Gasteiger partial charge on any atom is 0.266 e. The van der Waals surface area contributed by atoms with Gasteiger partial charge in [-0.15, -0.1) is 11.3 Å². The molecule has 0 spiro atoms. The zero-order valence-corrected chi connectivity index (χ0v) is 15.4. The van der Waals surface area contributed by atoms with Crippen LogP contribution in [0.2, 0.25) is 0 Å². The molecule has 2 aliphatic rings. The molecule has 0 N–H and O–H groups in total. The summed E-state index contributed by atoms with van der Waals surface area (Å²) in [5.41, 5.74) is 0.343. The number of hydrogen-bond donors (Lipinski definition) is 0. The van der Waals surface area contributed by atoms with Crippen LogP contribution < -0.4 is 0 Å². The van der Waals surface area contributed by atoms with Gasteiger partial charge in [0, 0.05) is 12.1 Å². The van der Waals surface area contributed by atoms with Crippen molar-refractivity contribution in [3.05, 3.63) is 16.1 Å². The molecule has 1 amide bonds. The number of aromatic nitrogens is 1. The molecular formula is C17H26N2O3S. The Balaban J connectivity index is 1.77. The van der Waals surface area contributed by atoms with Crippen LogP contribution in [0, 0.1) is 5.41 Å². The van der Waals surface area contributed by atoms with Crippen molar-refractivity contribution in [2.24, 2.45) is 5.41 Å². The molecule has 1 aliphatic heterocycles. The van der Waals surface area contributed by atoms with Crippen molar-refractivity contribution in [1.29, 1.82) is 0 Å². The van der Waals surface area contributed by atoms with Crippen molar-refractivity contribution in [2.45, 2.75) is 65.3 Å². The lowest BCUT2D eigenvalue weighted by Gasteiger charge is -2.49. The van der Waals surface area contributed by atoms with Crippen molar-refractivity contribution < 1.29 is 14.3 Å². The highest BCUT2D eigenvalue weighted by Crippen LogP contribution is 2.44. The van der Waals surface area contributed by atoms with E-state index >= 15 is 0 Å².